The Morgan fingerprint density at radius 3 is 2.56 bits per heavy atom. The Hall–Kier alpha value is -0.920. The molecule has 100 valence electrons. The number of aryl methyl sites for hydroxylation is 1. The van der Waals surface area contributed by atoms with E-state index in [9.17, 15) is 13.2 Å². The van der Waals surface area contributed by atoms with Crippen LogP contribution in [0.4, 0.5) is 0 Å². The van der Waals surface area contributed by atoms with Crippen LogP contribution in [-0.2, 0) is 14.8 Å². The van der Waals surface area contributed by atoms with Crippen LogP contribution in [0.25, 0.3) is 0 Å². The molecular formula is C11H15BrN2O3S. The van der Waals surface area contributed by atoms with Gasteiger partial charge in [-0.3, -0.25) is 4.79 Å². The van der Waals surface area contributed by atoms with Crippen molar-refractivity contribution in [3.63, 3.8) is 0 Å². The number of amides is 1. The van der Waals surface area contributed by atoms with Crippen molar-refractivity contribution in [3.8, 4) is 0 Å². The van der Waals surface area contributed by atoms with Crippen molar-refractivity contribution in [2.75, 3.05) is 13.6 Å². The second-order valence-corrected chi connectivity index (χ2v) is 6.47. The van der Waals surface area contributed by atoms with Crippen LogP contribution < -0.4 is 10.0 Å². The van der Waals surface area contributed by atoms with Gasteiger partial charge in [-0.2, -0.15) is 0 Å². The van der Waals surface area contributed by atoms with Crippen molar-refractivity contribution in [3.05, 3.63) is 28.2 Å². The lowest BCUT2D eigenvalue weighted by atomic mass is 10.2. The largest absolute Gasteiger partial charge is 0.359 e. The van der Waals surface area contributed by atoms with Gasteiger partial charge >= 0.3 is 0 Å². The minimum Gasteiger partial charge on any atom is -0.359 e. The fourth-order valence-electron chi connectivity index (χ4n) is 1.37. The summed E-state index contributed by atoms with van der Waals surface area (Å²) in [4.78, 5) is 11.2. The van der Waals surface area contributed by atoms with Gasteiger partial charge in [-0.15, -0.1) is 0 Å². The maximum absolute atomic E-state index is 11.9. The number of carbonyl (C=O) groups is 1. The average Bonchev–Trinajstić information content (AvgIpc) is 2.27. The molecule has 0 fully saturated rings. The van der Waals surface area contributed by atoms with Crippen LogP contribution in [-0.4, -0.2) is 27.9 Å². The molecule has 1 aromatic carbocycles. The summed E-state index contributed by atoms with van der Waals surface area (Å²) in [5, 5.41) is 2.43. The Balaban J connectivity index is 2.77. The Bertz CT molecular complexity index is 523. The van der Waals surface area contributed by atoms with Gasteiger partial charge in [0.05, 0.1) is 4.90 Å². The van der Waals surface area contributed by atoms with E-state index in [2.05, 4.69) is 26.0 Å². The summed E-state index contributed by atoms with van der Waals surface area (Å²) in [6, 6.07) is 4.92. The van der Waals surface area contributed by atoms with E-state index in [1.165, 1.54) is 13.1 Å². The van der Waals surface area contributed by atoms with Crippen molar-refractivity contribution < 1.29 is 13.2 Å². The molecule has 0 aliphatic carbocycles. The lowest BCUT2D eigenvalue weighted by Crippen LogP contribution is -2.29. The number of halogens is 1. The molecule has 0 saturated heterocycles. The van der Waals surface area contributed by atoms with Gasteiger partial charge in [0.1, 0.15) is 0 Å². The van der Waals surface area contributed by atoms with Crippen LogP contribution >= 0.6 is 15.9 Å². The minimum absolute atomic E-state index is 0.0770. The highest BCUT2D eigenvalue weighted by molar-refractivity contribution is 9.10. The SMILES string of the molecule is CNC(=O)CCNS(=O)(=O)c1cc(C)cc(Br)c1. The van der Waals surface area contributed by atoms with Gasteiger partial charge in [0, 0.05) is 24.5 Å². The van der Waals surface area contributed by atoms with Gasteiger partial charge in [-0.1, -0.05) is 15.9 Å². The van der Waals surface area contributed by atoms with E-state index in [-0.39, 0.29) is 23.8 Å². The molecule has 1 aromatic rings. The van der Waals surface area contributed by atoms with Crippen LogP contribution in [0.3, 0.4) is 0 Å². The molecule has 18 heavy (non-hydrogen) atoms. The van der Waals surface area contributed by atoms with Gasteiger partial charge in [-0.25, -0.2) is 13.1 Å². The van der Waals surface area contributed by atoms with Gasteiger partial charge in [0.2, 0.25) is 15.9 Å². The predicted molar refractivity (Wildman–Crippen MR) is 72.8 cm³/mol. The molecule has 0 radical (unpaired) electrons. The summed E-state index contributed by atoms with van der Waals surface area (Å²) in [6.07, 6.45) is 0.114. The zero-order chi connectivity index (χ0) is 13.8. The van der Waals surface area contributed by atoms with Crippen molar-refractivity contribution in [1.29, 1.82) is 0 Å². The molecule has 0 aromatic heterocycles. The summed E-state index contributed by atoms with van der Waals surface area (Å²) in [5.74, 6) is -0.205. The predicted octanol–water partition coefficient (Wildman–Crippen LogP) is 1.17. The number of nitrogens with one attached hydrogen (secondary N) is 2. The van der Waals surface area contributed by atoms with Crippen LogP contribution in [0, 0.1) is 6.92 Å². The Morgan fingerprint density at radius 2 is 2.00 bits per heavy atom. The van der Waals surface area contributed by atoms with Crippen LogP contribution in [0.5, 0.6) is 0 Å². The topological polar surface area (TPSA) is 75.3 Å². The Labute approximate surface area is 115 Å². The molecule has 1 amide bonds. The summed E-state index contributed by atoms with van der Waals surface area (Å²) >= 11 is 3.25. The second-order valence-electron chi connectivity index (χ2n) is 3.79. The Morgan fingerprint density at radius 1 is 1.33 bits per heavy atom. The molecular weight excluding hydrogens is 320 g/mol. The normalized spacial score (nSPS) is 11.3. The third-order valence-electron chi connectivity index (χ3n) is 2.25. The average molecular weight is 335 g/mol. The van der Waals surface area contributed by atoms with Crippen LogP contribution in [0.2, 0.25) is 0 Å². The molecule has 0 atom stereocenters. The maximum atomic E-state index is 11.9. The highest BCUT2D eigenvalue weighted by Gasteiger charge is 2.14. The first-order valence-electron chi connectivity index (χ1n) is 5.32. The molecule has 0 unspecified atom stereocenters. The molecule has 0 spiro atoms. The highest BCUT2D eigenvalue weighted by Crippen LogP contribution is 2.18. The number of hydrogen-bond acceptors (Lipinski definition) is 3. The van der Waals surface area contributed by atoms with E-state index in [1.807, 2.05) is 13.0 Å². The first-order chi connectivity index (χ1) is 8.35. The van der Waals surface area contributed by atoms with Gasteiger partial charge in [-0.05, 0) is 30.7 Å². The fourth-order valence-corrected chi connectivity index (χ4v) is 3.29. The first-order valence-corrected chi connectivity index (χ1v) is 7.60. The molecule has 7 heteroatoms. The van der Waals surface area contributed by atoms with Crippen molar-refractivity contribution in [2.45, 2.75) is 18.2 Å². The number of sulfonamides is 1. The quantitative estimate of drug-likeness (QED) is 0.848. The maximum Gasteiger partial charge on any atom is 0.240 e. The third-order valence-corrected chi connectivity index (χ3v) is 4.15. The van der Waals surface area contributed by atoms with E-state index < -0.39 is 10.0 Å². The highest BCUT2D eigenvalue weighted by atomic mass is 79.9. The molecule has 0 saturated carbocycles. The van der Waals surface area contributed by atoms with Crippen molar-refractivity contribution in [2.24, 2.45) is 0 Å². The molecule has 0 heterocycles. The monoisotopic (exact) mass is 334 g/mol. The summed E-state index contributed by atoms with van der Waals surface area (Å²) in [5.41, 5.74) is 0.844. The molecule has 1 rings (SSSR count). The van der Waals surface area contributed by atoms with E-state index in [1.54, 1.807) is 6.07 Å². The van der Waals surface area contributed by atoms with Gasteiger partial charge < -0.3 is 5.32 Å². The van der Waals surface area contributed by atoms with E-state index in [4.69, 9.17) is 0 Å². The molecule has 5 nitrogen and oxygen atoms in total. The van der Waals surface area contributed by atoms with Gasteiger partial charge in [0.25, 0.3) is 0 Å². The zero-order valence-electron chi connectivity index (χ0n) is 10.2. The van der Waals surface area contributed by atoms with E-state index >= 15 is 0 Å². The van der Waals surface area contributed by atoms with Gasteiger partial charge in [0.15, 0.2) is 0 Å². The number of hydrogen-bond donors (Lipinski definition) is 2. The summed E-state index contributed by atoms with van der Waals surface area (Å²) in [7, 11) is -2.06. The third kappa shape index (κ3) is 4.40. The molecule has 0 aliphatic heterocycles. The molecule has 0 bridgehead atoms. The Kier molecular flexibility index (Phi) is 5.30. The number of carbonyl (C=O) groups excluding carboxylic acids is 1. The van der Waals surface area contributed by atoms with E-state index in [0.29, 0.717) is 4.47 Å². The molecule has 2 N–H and O–H groups in total. The van der Waals surface area contributed by atoms with E-state index in [0.717, 1.165) is 5.56 Å². The molecule has 0 aliphatic rings. The fraction of sp³-hybridized carbons (Fsp3) is 0.364. The summed E-state index contributed by atoms with van der Waals surface area (Å²) < 4.78 is 27.0. The standard InChI is InChI=1S/C11H15BrN2O3S/c1-8-5-9(12)7-10(6-8)18(16,17)14-4-3-11(15)13-2/h5-7,14H,3-4H2,1-2H3,(H,13,15). The lowest BCUT2D eigenvalue weighted by Gasteiger charge is -2.07. The first kappa shape index (κ1) is 15.1. The van der Waals surface area contributed by atoms with Crippen LogP contribution in [0.1, 0.15) is 12.0 Å². The smallest absolute Gasteiger partial charge is 0.240 e. The number of rotatable bonds is 5. The lowest BCUT2D eigenvalue weighted by molar-refractivity contribution is -0.120. The number of benzene rings is 1. The zero-order valence-corrected chi connectivity index (χ0v) is 12.6. The van der Waals surface area contributed by atoms with Crippen molar-refractivity contribution >= 4 is 31.9 Å². The minimum atomic E-state index is -3.57. The van der Waals surface area contributed by atoms with Crippen LogP contribution in [0.15, 0.2) is 27.6 Å². The summed E-state index contributed by atoms with van der Waals surface area (Å²) in [6.45, 7) is 1.89. The second kappa shape index (κ2) is 6.31. The van der Waals surface area contributed by atoms with Crippen molar-refractivity contribution in [1.82, 2.24) is 10.0 Å².